The van der Waals surface area contributed by atoms with E-state index in [0.29, 0.717) is 6.42 Å². The molecule has 0 heterocycles. The molecular weight excluding hydrogens is 350 g/mol. The summed E-state index contributed by atoms with van der Waals surface area (Å²) in [6.45, 7) is 4.11. The molecule has 2 amide bonds. The van der Waals surface area contributed by atoms with Crippen molar-refractivity contribution in [2.75, 3.05) is 7.05 Å². The molecule has 0 bridgehead atoms. The molecule has 0 radical (unpaired) electrons. The first-order chi connectivity index (χ1) is 13.5. The van der Waals surface area contributed by atoms with Gasteiger partial charge in [0.15, 0.2) is 6.19 Å². The van der Waals surface area contributed by atoms with E-state index in [1.807, 2.05) is 48.7 Å². The van der Waals surface area contributed by atoms with Crippen LogP contribution in [0.1, 0.15) is 45.1 Å². The van der Waals surface area contributed by atoms with Crippen LogP contribution in [0, 0.1) is 17.4 Å². The molecule has 0 fully saturated rings. The molecule has 0 spiro atoms. The lowest BCUT2D eigenvalue weighted by molar-refractivity contribution is -0.134. The maximum Gasteiger partial charge on any atom is 0.258 e. The Morgan fingerprint density at radius 3 is 2.32 bits per heavy atom. The fourth-order valence-electron chi connectivity index (χ4n) is 3.48. The zero-order valence-corrected chi connectivity index (χ0v) is 16.9. The summed E-state index contributed by atoms with van der Waals surface area (Å²) in [6, 6.07) is 13.3. The molecule has 5 heteroatoms. The molecule has 1 unspecified atom stereocenters. The monoisotopic (exact) mass is 379 g/mol. The van der Waals surface area contributed by atoms with Crippen molar-refractivity contribution in [3.05, 3.63) is 48.0 Å². The van der Waals surface area contributed by atoms with Gasteiger partial charge in [0.05, 0.1) is 0 Å². The molecule has 1 atom stereocenters. The van der Waals surface area contributed by atoms with E-state index < -0.39 is 11.9 Å². The summed E-state index contributed by atoms with van der Waals surface area (Å²) in [6.07, 6.45) is 5.62. The number of nitrogens with one attached hydrogen (secondary N) is 1. The van der Waals surface area contributed by atoms with Gasteiger partial charge in [0.1, 0.15) is 6.04 Å². The highest BCUT2D eigenvalue weighted by molar-refractivity contribution is 5.89. The van der Waals surface area contributed by atoms with Crippen molar-refractivity contribution in [2.24, 2.45) is 5.92 Å². The van der Waals surface area contributed by atoms with Crippen LogP contribution in [0.15, 0.2) is 42.5 Å². The lowest BCUT2D eigenvalue weighted by Gasteiger charge is -2.23. The van der Waals surface area contributed by atoms with Crippen molar-refractivity contribution < 1.29 is 9.59 Å². The average Bonchev–Trinajstić information content (AvgIpc) is 2.71. The molecule has 0 saturated carbocycles. The largest absolute Gasteiger partial charge is 0.344 e. The van der Waals surface area contributed by atoms with Gasteiger partial charge in [0, 0.05) is 19.4 Å². The van der Waals surface area contributed by atoms with Crippen LogP contribution in [0.5, 0.6) is 0 Å². The van der Waals surface area contributed by atoms with Gasteiger partial charge in [-0.2, -0.15) is 5.26 Å². The van der Waals surface area contributed by atoms with Gasteiger partial charge in [-0.15, -0.1) is 0 Å². The first kappa shape index (κ1) is 21.4. The Labute approximate surface area is 167 Å². The van der Waals surface area contributed by atoms with Crippen molar-refractivity contribution in [3.63, 3.8) is 0 Å². The van der Waals surface area contributed by atoms with Crippen LogP contribution in [0.2, 0.25) is 0 Å². The third-order valence-corrected chi connectivity index (χ3v) is 4.99. The summed E-state index contributed by atoms with van der Waals surface area (Å²) in [7, 11) is 1.43. The Balaban J connectivity index is 2.24. The summed E-state index contributed by atoms with van der Waals surface area (Å²) >= 11 is 0. The number of likely N-dealkylation sites (N-methyl/N-ethyl adjacent to an activating group) is 1. The van der Waals surface area contributed by atoms with E-state index >= 15 is 0 Å². The fraction of sp³-hybridized carbons (Fsp3) is 0.435. The van der Waals surface area contributed by atoms with E-state index in [1.165, 1.54) is 7.05 Å². The lowest BCUT2D eigenvalue weighted by atomic mass is 9.96. The molecular formula is C23H29N3O2. The van der Waals surface area contributed by atoms with Crippen LogP contribution in [0.4, 0.5) is 0 Å². The van der Waals surface area contributed by atoms with E-state index in [0.717, 1.165) is 46.9 Å². The second-order valence-corrected chi connectivity index (χ2v) is 7.22. The van der Waals surface area contributed by atoms with Gasteiger partial charge >= 0.3 is 0 Å². The Morgan fingerprint density at radius 1 is 1.07 bits per heavy atom. The average molecular weight is 380 g/mol. The highest BCUT2D eigenvalue weighted by atomic mass is 16.2. The van der Waals surface area contributed by atoms with Crippen LogP contribution >= 0.6 is 0 Å². The number of benzene rings is 2. The zero-order chi connectivity index (χ0) is 20.5. The van der Waals surface area contributed by atoms with Gasteiger partial charge in [0.25, 0.3) is 5.91 Å². The Hall–Kier alpha value is -2.87. The molecule has 5 nitrogen and oxygen atoms in total. The minimum absolute atomic E-state index is 0.103. The molecule has 0 aliphatic heterocycles. The SMILES string of the molecule is CCCC(CCC)C(=O)NC(Cc1ccc2ccccc2c1)C(=O)N(C)C#N. The van der Waals surface area contributed by atoms with Crippen LogP contribution in [0.25, 0.3) is 10.8 Å². The Bertz CT molecular complexity index is 850. The molecule has 0 aliphatic rings. The van der Waals surface area contributed by atoms with Gasteiger partial charge in [-0.05, 0) is 29.2 Å². The van der Waals surface area contributed by atoms with Gasteiger partial charge in [0.2, 0.25) is 5.91 Å². The predicted molar refractivity (Wildman–Crippen MR) is 111 cm³/mol. The maximum absolute atomic E-state index is 12.8. The third-order valence-electron chi connectivity index (χ3n) is 4.99. The Morgan fingerprint density at radius 2 is 1.71 bits per heavy atom. The van der Waals surface area contributed by atoms with Crippen LogP contribution < -0.4 is 5.32 Å². The molecule has 2 rings (SSSR count). The van der Waals surface area contributed by atoms with E-state index in [4.69, 9.17) is 5.26 Å². The first-order valence-electron chi connectivity index (χ1n) is 9.95. The van der Waals surface area contributed by atoms with E-state index in [-0.39, 0.29) is 11.8 Å². The first-order valence-corrected chi connectivity index (χ1v) is 9.95. The van der Waals surface area contributed by atoms with E-state index in [1.54, 1.807) is 0 Å². The van der Waals surface area contributed by atoms with E-state index in [9.17, 15) is 9.59 Å². The standard InChI is InChI=1S/C23H29N3O2/c1-4-8-19(9-5-2)22(27)25-21(23(28)26(3)16-24)15-17-12-13-18-10-6-7-11-20(18)14-17/h6-7,10-14,19,21H,4-5,8-9,15H2,1-3H3,(H,25,27). The highest BCUT2D eigenvalue weighted by Crippen LogP contribution is 2.18. The third kappa shape index (κ3) is 5.56. The topological polar surface area (TPSA) is 73.2 Å². The van der Waals surface area contributed by atoms with Gasteiger partial charge < -0.3 is 5.32 Å². The maximum atomic E-state index is 12.8. The molecule has 2 aromatic rings. The zero-order valence-electron chi connectivity index (χ0n) is 16.9. The second-order valence-electron chi connectivity index (χ2n) is 7.22. The second kappa shape index (κ2) is 10.5. The van der Waals surface area contributed by atoms with Crippen LogP contribution in [0.3, 0.4) is 0 Å². The fourth-order valence-corrected chi connectivity index (χ4v) is 3.48. The van der Waals surface area contributed by atoms with Gasteiger partial charge in [-0.3, -0.25) is 14.5 Å². The normalized spacial score (nSPS) is 11.8. The van der Waals surface area contributed by atoms with Crippen molar-refractivity contribution in [3.8, 4) is 6.19 Å². The number of nitriles is 1. The summed E-state index contributed by atoms with van der Waals surface area (Å²) < 4.78 is 0. The van der Waals surface area contributed by atoms with Crippen molar-refractivity contribution >= 4 is 22.6 Å². The number of hydrogen-bond donors (Lipinski definition) is 1. The van der Waals surface area contributed by atoms with Crippen molar-refractivity contribution in [1.82, 2.24) is 10.2 Å². The number of carbonyl (C=O) groups excluding carboxylic acids is 2. The molecule has 0 aromatic heterocycles. The number of rotatable bonds is 9. The predicted octanol–water partition coefficient (Wildman–Crippen LogP) is 4.02. The van der Waals surface area contributed by atoms with Gasteiger partial charge in [-0.25, -0.2) is 0 Å². The molecule has 1 N–H and O–H groups in total. The van der Waals surface area contributed by atoms with Crippen LogP contribution in [-0.4, -0.2) is 29.8 Å². The van der Waals surface area contributed by atoms with Crippen molar-refractivity contribution in [2.45, 2.75) is 52.0 Å². The summed E-state index contributed by atoms with van der Waals surface area (Å²) in [4.78, 5) is 26.5. The van der Waals surface area contributed by atoms with Crippen LogP contribution in [-0.2, 0) is 16.0 Å². The van der Waals surface area contributed by atoms with Gasteiger partial charge in [-0.1, -0.05) is 69.2 Å². The number of hydrogen-bond acceptors (Lipinski definition) is 3. The molecule has 2 aromatic carbocycles. The molecule has 0 aliphatic carbocycles. The van der Waals surface area contributed by atoms with Crippen molar-refractivity contribution in [1.29, 1.82) is 5.26 Å². The lowest BCUT2D eigenvalue weighted by Crippen LogP contribution is -2.49. The number of carbonyl (C=O) groups is 2. The quantitative estimate of drug-likeness (QED) is 0.528. The summed E-state index contributed by atoms with van der Waals surface area (Å²) in [5.41, 5.74) is 0.950. The minimum atomic E-state index is -0.755. The number of amides is 2. The minimum Gasteiger partial charge on any atom is -0.344 e. The summed E-state index contributed by atoms with van der Waals surface area (Å²) in [5, 5.41) is 14.2. The van der Waals surface area contributed by atoms with E-state index in [2.05, 4.69) is 19.2 Å². The Kier molecular flexibility index (Phi) is 8.01. The highest BCUT2D eigenvalue weighted by Gasteiger charge is 2.27. The molecule has 28 heavy (non-hydrogen) atoms. The number of nitrogens with zero attached hydrogens (tertiary/aromatic N) is 2. The summed E-state index contributed by atoms with van der Waals surface area (Å²) in [5.74, 6) is -0.598. The smallest absolute Gasteiger partial charge is 0.258 e. The molecule has 0 saturated heterocycles. The number of fused-ring (bicyclic) bond motifs is 1. The molecule has 148 valence electrons.